The van der Waals surface area contributed by atoms with E-state index >= 15 is 0 Å². The zero-order chi connectivity index (χ0) is 18.5. The molecule has 2 aromatic heterocycles. The number of ether oxygens (including phenoxy) is 2. The maximum absolute atomic E-state index is 12.6. The fraction of sp³-hybridized carbons (Fsp3) is 0.474. The summed E-state index contributed by atoms with van der Waals surface area (Å²) >= 11 is 0. The average Bonchev–Trinajstić information content (AvgIpc) is 2.62. The quantitative estimate of drug-likeness (QED) is 0.820. The first kappa shape index (κ1) is 18.1. The van der Waals surface area contributed by atoms with Gasteiger partial charge in [-0.3, -0.25) is 4.79 Å². The topological polar surface area (TPSA) is 77.4 Å². The molecule has 7 heteroatoms. The van der Waals surface area contributed by atoms with Crippen molar-refractivity contribution in [2.45, 2.75) is 45.8 Å². The van der Waals surface area contributed by atoms with E-state index in [1.165, 1.54) is 0 Å². The molecule has 0 aromatic carbocycles. The third-order valence-electron chi connectivity index (χ3n) is 4.11. The molecule has 1 saturated heterocycles. The Morgan fingerprint density at radius 1 is 1.15 bits per heavy atom. The van der Waals surface area contributed by atoms with Crippen LogP contribution in [0.4, 0.5) is 0 Å². The molecule has 7 nitrogen and oxygen atoms in total. The standard InChI is InChI=1S/C19H24N4O3/c1-13(2)25-17-5-4-15(12-21-17)19(24)23-10-7-16(8-11-23)26-18-6-9-20-14(3)22-18/h4-6,9,12-13,16H,7-8,10-11H2,1-3H3. The second kappa shape index (κ2) is 8.12. The molecule has 26 heavy (non-hydrogen) atoms. The van der Waals surface area contributed by atoms with Crippen molar-refractivity contribution < 1.29 is 14.3 Å². The SMILES string of the molecule is Cc1nccc(OC2CCN(C(=O)c3ccc(OC(C)C)nc3)CC2)n1. The number of hydrogen-bond acceptors (Lipinski definition) is 6. The van der Waals surface area contributed by atoms with Gasteiger partial charge in [0.25, 0.3) is 5.91 Å². The second-order valence-corrected chi connectivity index (χ2v) is 6.60. The van der Waals surface area contributed by atoms with Gasteiger partial charge in [0.1, 0.15) is 11.9 Å². The van der Waals surface area contributed by atoms with E-state index in [0.717, 1.165) is 12.8 Å². The summed E-state index contributed by atoms with van der Waals surface area (Å²) in [7, 11) is 0. The van der Waals surface area contributed by atoms with Crippen LogP contribution in [0.5, 0.6) is 11.8 Å². The second-order valence-electron chi connectivity index (χ2n) is 6.60. The molecule has 0 N–H and O–H groups in total. The number of pyridine rings is 1. The van der Waals surface area contributed by atoms with E-state index in [4.69, 9.17) is 9.47 Å². The minimum Gasteiger partial charge on any atom is -0.475 e. The van der Waals surface area contributed by atoms with Gasteiger partial charge in [-0.25, -0.2) is 9.97 Å². The summed E-state index contributed by atoms with van der Waals surface area (Å²) in [5, 5.41) is 0. The number of aromatic nitrogens is 3. The number of rotatable bonds is 5. The van der Waals surface area contributed by atoms with E-state index in [1.807, 2.05) is 25.7 Å². The van der Waals surface area contributed by atoms with E-state index in [9.17, 15) is 4.79 Å². The highest BCUT2D eigenvalue weighted by molar-refractivity contribution is 5.94. The number of carbonyl (C=O) groups excluding carboxylic acids is 1. The van der Waals surface area contributed by atoms with Crippen LogP contribution in [0.25, 0.3) is 0 Å². The zero-order valence-electron chi connectivity index (χ0n) is 15.4. The normalized spacial score (nSPS) is 15.2. The fourth-order valence-electron chi connectivity index (χ4n) is 2.85. The van der Waals surface area contributed by atoms with Crippen molar-refractivity contribution in [2.75, 3.05) is 13.1 Å². The highest BCUT2D eigenvalue weighted by Crippen LogP contribution is 2.19. The molecular weight excluding hydrogens is 332 g/mol. The largest absolute Gasteiger partial charge is 0.475 e. The number of carbonyl (C=O) groups is 1. The number of likely N-dealkylation sites (tertiary alicyclic amines) is 1. The lowest BCUT2D eigenvalue weighted by atomic mass is 10.1. The lowest BCUT2D eigenvalue weighted by molar-refractivity contribution is 0.0587. The molecule has 3 heterocycles. The van der Waals surface area contributed by atoms with E-state index in [0.29, 0.717) is 36.2 Å². The third kappa shape index (κ3) is 4.68. The monoisotopic (exact) mass is 356 g/mol. The fourth-order valence-corrected chi connectivity index (χ4v) is 2.85. The first-order chi connectivity index (χ1) is 12.5. The lowest BCUT2D eigenvalue weighted by Crippen LogP contribution is -2.41. The van der Waals surface area contributed by atoms with Crippen molar-refractivity contribution in [3.63, 3.8) is 0 Å². The molecule has 0 unspecified atom stereocenters. The highest BCUT2D eigenvalue weighted by atomic mass is 16.5. The Morgan fingerprint density at radius 2 is 1.92 bits per heavy atom. The van der Waals surface area contributed by atoms with E-state index in [-0.39, 0.29) is 18.1 Å². The molecule has 0 bridgehead atoms. The predicted octanol–water partition coefficient (Wildman–Crippen LogP) is 2.65. The van der Waals surface area contributed by atoms with Crippen LogP contribution >= 0.6 is 0 Å². The van der Waals surface area contributed by atoms with Gasteiger partial charge >= 0.3 is 0 Å². The van der Waals surface area contributed by atoms with Crippen LogP contribution in [0.1, 0.15) is 42.9 Å². The Labute approximate surface area is 153 Å². The van der Waals surface area contributed by atoms with Crippen LogP contribution in [0.3, 0.4) is 0 Å². The van der Waals surface area contributed by atoms with Crippen molar-refractivity contribution in [1.29, 1.82) is 0 Å². The van der Waals surface area contributed by atoms with E-state index in [2.05, 4.69) is 15.0 Å². The third-order valence-corrected chi connectivity index (χ3v) is 4.11. The van der Waals surface area contributed by atoms with Crippen molar-refractivity contribution >= 4 is 5.91 Å². The van der Waals surface area contributed by atoms with Gasteiger partial charge in [0.05, 0.1) is 11.7 Å². The minimum atomic E-state index is -0.00933. The molecule has 0 spiro atoms. The van der Waals surface area contributed by atoms with Gasteiger partial charge in [0.2, 0.25) is 11.8 Å². The maximum atomic E-state index is 12.6. The van der Waals surface area contributed by atoms with Gasteiger partial charge < -0.3 is 14.4 Å². The zero-order valence-corrected chi connectivity index (χ0v) is 15.4. The van der Waals surface area contributed by atoms with Crippen molar-refractivity contribution in [2.24, 2.45) is 0 Å². The molecule has 1 aliphatic heterocycles. The predicted molar refractivity (Wildman–Crippen MR) is 96.3 cm³/mol. The van der Waals surface area contributed by atoms with Gasteiger partial charge in [-0.1, -0.05) is 0 Å². The summed E-state index contributed by atoms with van der Waals surface area (Å²) in [6.07, 6.45) is 4.94. The van der Waals surface area contributed by atoms with Crippen LogP contribution in [0, 0.1) is 6.92 Å². The molecule has 0 atom stereocenters. The number of piperidine rings is 1. The first-order valence-electron chi connectivity index (χ1n) is 8.89. The Bertz CT molecular complexity index is 741. The summed E-state index contributed by atoms with van der Waals surface area (Å²) < 4.78 is 11.4. The Kier molecular flexibility index (Phi) is 5.65. The van der Waals surface area contributed by atoms with Gasteiger partial charge in [0.15, 0.2) is 0 Å². The molecule has 3 rings (SSSR count). The maximum Gasteiger partial charge on any atom is 0.255 e. The average molecular weight is 356 g/mol. The van der Waals surface area contributed by atoms with Crippen molar-refractivity contribution in [3.05, 3.63) is 42.0 Å². The van der Waals surface area contributed by atoms with Gasteiger partial charge in [-0.15, -0.1) is 0 Å². The molecule has 0 radical (unpaired) electrons. The number of aryl methyl sites for hydroxylation is 1. The molecule has 138 valence electrons. The molecule has 1 fully saturated rings. The van der Waals surface area contributed by atoms with Crippen molar-refractivity contribution in [3.8, 4) is 11.8 Å². The van der Waals surface area contributed by atoms with E-state index < -0.39 is 0 Å². The Hall–Kier alpha value is -2.70. The molecule has 0 aliphatic carbocycles. The summed E-state index contributed by atoms with van der Waals surface area (Å²) in [4.78, 5) is 27.0. The van der Waals surface area contributed by atoms with Crippen molar-refractivity contribution in [1.82, 2.24) is 19.9 Å². The molecule has 2 aromatic rings. The van der Waals surface area contributed by atoms with Crippen LogP contribution < -0.4 is 9.47 Å². The van der Waals surface area contributed by atoms with Crippen LogP contribution in [0.2, 0.25) is 0 Å². The van der Waals surface area contributed by atoms with Gasteiger partial charge in [-0.05, 0) is 26.8 Å². The van der Waals surface area contributed by atoms with E-state index in [1.54, 1.807) is 30.6 Å². The summed E-state index contributed by atoms with van der Waals surface area (Å²) in [6, 6.07) is 5.26. The van der Waals surface area contributed by atoms with Crippen LogP contribution in [0.15, 0.2) is 30.6 Å². The smallest absolute Gasteiger partial charge is 0.255 e. The summed E-state index contributed by atoms with van der Waals surface area (Å²) in [5.74, 6) is 1.80. The molecule has 1 aliphatic rings. The Balaban J connectivity index is 1.53. The van der Waals surface area contributed by atoms with Crippen LogP contribution in [-0.2, 0) is 0 Å². The summed E-state index contributed by atoms with van der Waals surface area (Å²) in [5.41, 5.74) is 0.576. The first-order valence-corrected chi connectivity index (χ1v) is 8.89. The number of nitrogens with zero attached hydrogens (tertiary/aromatic N) is 4. The highest BCUT2D eigenvalue weighted by Gasteiger charge is 2.25. The Morgan fingerprint density at radius 3 is 2.54 bits per heavy atom. The lowest BCUT2D eigenvalue weighted by Gasteiger charge is -2.32. The van der Waals surface area contributed by atoms with Crippen LogP contribution in [-0.4, -0.2) is 51.1 Å². The molecular formula is C19H24N4O3. The van der Waals surface area contributed by atoms with Gasteiger partial charge in [0, 0.05) is 50.5 Å². The minimum absolute atomic E-state index is 0.00933. The summed E-state index contributed by atoms with van der Waals surface area (Å²) in [6.45, 7) is 7.01. The molecule has 1 amide bonds. The molecule has 0 saturated carbocycles. The van der Waals surface area contributed by atoms with Gasteiger partial charge in [-0.2, -0.15) is 4.98 Å². The number of amides is 1. The number of hydrogen-bond donors (Lipinski definition) is 0.